The number of aryl methyl sites for hydroxylation is 1. The molecule has 4 rings (SSSR count). The monoisotopic (exact) mass is 323 g/mol. The molecule has 5 nitrogen and oxygen atoms in total. The number of rotatable bonds is 2. The van der Waals surface area contributed by atoms with Crippen molar-refractivity contribution in [1.82, 2.24) is 10.2 Å². The third kappa shape index (κ3) is 2.00. The summed E-state index contributed by atoms with van der Waals surface area (Å²) >= 11 is 0. The van der Waals surface area contributed by atoms with Crippen LogP contribution in [0.25, 0.3) is 0 Å². The zero-order valence-electron chi connectivity index (χ0n) is 12.8. The van der Waals surface area contributed by atoms with Crippen molar-refractivity contribution in [1.29, 1.82) is 0 Å². The van der Waals surface area contributed by atoms with Crippen LogP contribution in [0.1, 0.15) is 33.4 Å². The third-order valence-corrected chi connectivity index (χ3v) is 4.28. The fourth-order valence-electron chi connectivity index (χ4n) is 3.17. The predicted molar refractivity (Wildman–Crippen MR) is 86.5 cm³/mol. The van der Waals surface area contributed by atoms with Crippen molar-refractivity contribution in [3.8, 4) is 5.75 Å². The lowest BCUT2D eigenvalue weighted by atomic mass is 9.98. The molecule has 2 heterocycles. The average Bonchev–Trinajstić information content (AvgIpc) is 3.08. The predicted octanol–water partition coefficient (Wildman–Crippen LogP) is 3.31. The number of hydrogen-bond acceptors (Lipinski definition) is 3. The number of amides is 1. The third-order valence-electron chi connectivity index (χ3n) is 4.28. The van der Waals surface area contributed by atoms with Crippen molar-refractivity contribution in [2.75, 3.05) is 4.90 Å². The van der Waals surface area contributed by atoms with Gasteiger partial charge in [0.2, 0.25) is 0 Å². The van der Waals surface area contributed by atoms with Crippen molar-refractivity contribution in [2.45, 2.75) is 13.0 Å². The largest absolute Gasteiger partial charge is 0.508 e. The Bertz CT molecular complexity index is 934. The molecule has 2 N–H and O–H groups in total. The first kappa shape index (κ1) is 14.4. The van der Waals surface area contributed by atoms with Gasteiger partial charge in [0.05, 0.1) is 6.04 Å². The van der Waals surface area contributed by atoms with Crippen LogP contribution in [0.2, 0.25) is 0 Å². The Morgan fingerprint density at radius 2 is 1.88 bits per heavy atom. The van der Waals surface area contributed by atoms with Gasteiger partial charge in [0, 0.05) is 22.5 Å². The molecule has 24 heavy (non-hydrogen) atoms. The molecule has 0 fully saturated rings. The lowest BCUT2D eigenvalue weighted by Crippen LogP contribution is -2.29. The molecule has 3 aromatic rings. The van der Waals surface area contributed by atoms with Gasteiger partial charge in [-0.15, -0.1) is 0 Å². The van der Waals surface area contributed by atoms with Gasteiger partial charge >= 0.3 is 0 Å². The minimum Gasteiger partial charge on any atom is -0.508 e. The second-order valence-corrected chi connectivity index (χ2v) is 5.73. The molecule has 6 heteroatoms. The van der Waals surface area contributed by atoms with Crippen molar-refractivity contribution >= 4 is 11.6 Å². The van der Waals surface area contributed by atoms with Crippen LogP contribution < -0.4 is 4.90 Å². The summed E-state index contributed by atoms with van der Waals surface area (Å²) in [5, 5.41) is 16.4. The molecule has 1 unspecified atom stereocenters. The second-order valence-electron chi connectivity index (χ2n) is 5.73. The second kappa shape index (κ2) is 5.19. The van der Waals surface area contributed by atoms with Crippen LogP contribution >= 0.6 is 0 Å². The molecule has 1 aliphatic heterocycles. The Morgan fingerprint density at radius 3 is 2.58 bits per heavy atom. The van der Waals surface area contributed by atoms with Gasteiger partial charge in [-0.3, -0.25) is 14.8 Å². The maximum Gasteiger partial charge on any atom is 0.280 e. The lowest BCUT2D eigenvalue weighted by Gasteiger charge is -2.26. The number of aromatic amines is 1. The first-order chi connectivity index (χ1) is 11.6. The van der Waals surface area contributed by atoms with Crippen LogP contribution in [-0.4, -0.2) is 21.2 Å². The van der Waals surface area contributed by atoms with E-state index in [1.165, 1.54) is 23.1 Å². The molecular weight excluding hydrogens is 309 g/mol. The van der Waals surface area contributed by atoms with Crippen LogP contribution in [0, 0.1) is 12.7 Å². The van der Waals surface area contributed by atoms with Gasteiger partial charge in [-0.05, 0) is 37.3 Å². The van der Waals surface area contributed by atoms with Crippen molar-refractivity contribution in [3.05, 3.63) is 76.9 Å². The standard InChI is InChI=1S/C18H14FN3O2/c1-10-15-16(21-20-10)18(24)22(11-6-8-12(23)9-7-11)17(15)13-4-2-3-5-14(13)19/h2-9,17,23H,1H3,(H,20,21). The summed E-state index contributed by atoms with van der Waals surface area (Å²) in [6.45, 7) is 1.81. The fraction of sp³-hybridized carbons (Fsp3) is 0.111. The van der Waals surface area contributed by atoms with E-state index in [4.69, 9.17) is 0 Å². The number of fused-ring (bicyclic) bond motifs is 1. The summed E-state index contributed by atoms with van der Waals surface area (Å²) in [6.07, 6.45) is 0. The molecule has 1 amide bonds. The number of phenols is 1. The smallest absolute Gasteiger partial charge is 0.280 e. The Hall–Kier alpha value is -3.15. The van der Waals surface area contributed by atoms with E-state index in [0.717, 1.165) is 5.69 Å². The Kier molecular flexibility index (Phi) is 3.13. The van der Waals surface area contributed by atoms with Crippen LogP contribution in [0.4, 0.5) is 10.1 Å². The SMILES string of the molecule is Cc1[nH]nc2c1C(c1ccccc1F)N(c1ccc(O)cc1)C2=O. The number of nitrogens with one attached hydrogen (secondary N) is 1. The topological polar surface area (TPSA) is 69.2 Å². The molecule has 120 valence electrons. The molecule has 0 radical (unpaired) electrons. The number of benzene rings is 2. The number of carbonyl (C=O) groups is 1. The highest BCUT2D eigenvalue weighted by Crippen LogP contribution is 2.43. The average molecular weight is 323 g/mol. The maximum absolute atomic E-state index is 14.4. The molecule has 1 aromatic heterocycles. The summed E-state index contributed by atoms with van der Waals surface area (Å²) in [7, 11) is 0. The molecule has 1 atom stereocenters. The van der Waals surface area contributed by atoms with Gasteiger partial charge in [-0.25, -0.2) is 4.39 Å². The minimum atomic E-state index is -0.600. The molecule has 1 aliphatic rings. The van der Waals surface area contributed by atoms with Gasteiger partial charge in [0.25, 0.3) is 5.91 Å². The highest BCUT2D eigenvalue weighted by molar-refractivity contribution is 6.10. The molecule has 0 aliphatic carbocycles. The summed E-state index contributed by atoms with van der Waals surface area (Å²) in [6, 6.07) is 12.1. The summed E-state index contributed by atoms with van der Waals surface area (Å²) in [4.78, 5) is 14.4. The highest BCUT2D eigenvalue weighted by atomic mass is 19.1. The first-order valence-electron chi connectivity index (χ1n) is 7.50. The number of aromatic nitrogens is 2. The number of aromatic hydroxyl groups is 1. The Balaban J connectivity index is 1.94. The maximum atomic E-state index is 14.4. The van der Waals surface area contributed by atoms with E-state index < -0.39 is 6.04 Å². The van der Waals surface area contributed by atoms with Crippen LogP contribution in [0.3, 0.4) is 0 Å². The van der Waals surface area contributed by atoms with Gasteiger partial charge in [0.15, 0.2) is 5.69 Å². The van der Waals surface area contributed by atoms with E-state index in [1.807, 2.05) is 6.92 Å². The van der Waals surface area contributed by atoms with E-state index in [1.54, 1.807) is 30.3 Å². The molecule has 0 bridgehead atoms. The number of carbonyl (C=O) groups excluding carboxylic acids is 1. The zero-order valence-corrected chi connectivity index (χ0v) is 12.8. The first-order valence-corrected chi connectivity index (χ1v) is 7.50. The van der Waals surface area contributed by atoms with Crippen LogP contribution in [0.5, 0.6) is 5.75 Å². The number of halogens is 1. The molecule has 0 spiro atoms. The number of anilines is 1. The van der Waals surface area contributed by atoms with Gasteiger partial charge in [0.1, 0.15) is 11.6 Å². The van der Waals surface area contributed by atoms with E-state index >= 15 is 0 Å². The summed E-state index contributed by atoms with van der Waals surface area (Å²) < 4.78 is 14.4. The number of nitrogens with zero attached hydrogens (tertiary/aromatic N) is 2. The van der Waals surface area contributed by atoms with Crippen LogP contribution in [0.15, 0.2) is 48.5 Å². The van der Waals surface area contributed by atoms with Crippen molar-refractivity contribution in [2.24, 2.45) is 0 Å². The van der Waals surface area contributed by atoms with E-state index in [9.17, 15) is 14.3 Å². The van der Waals surface area contributed by atoms with Gasteiger partial charge in [-0.2, -0.15) is 5.10 Å². The quantitative estimate of drug-likeness (QED) is 0.760. The fourth-order valence-corrected chi connectivity index (χ4v) is 3.17. The molecular formula is C18H14FN3O2. The normalized spacial score (nSPS) is 16.5. The Morgan fingerprint density at radius 1 is 1.17 bits per heavy atom. The molecule has 0 saturated heterocycles. The van der Waals surface area contributed by atoms with Gasteiger partial charge < -0.3 is 5.11 Å². The zero-order chi connectivity index (χ0) is 16.8. The number of hydrogen-bond donors (Lipinski definition) is 2. The van der Waals surface area contributed by atoms with E-state index in [2.05, 4.69) is 10.2 Å². The van der Waals surface area contributed by atoms with E-state index in [0.29, 0.717) is 22.5 Å². The van der Waals surface area contributed by atoms with Crippen LogP contribution in [-0.2, 0) is 0 Å². The summed E-state index contributed by atoms with van der Waals surface area (Å²) in [5.41, 5.74) is 2.69. The highest BCUT2D eigenvalue weighted by Gasteiger charge is 2.43. The lowest BCUT2D eigenvalue weighted by molar-refractivity contribution is 0.0988. The van der Waals surface area contributed by atoms with Crippen molar-refractivity contribution in [3.63, 3.8) is 0 Å². The van der Waals surface area contributed by atoms with Gasteiger partial charge in [-0.1, -0.05) is 18.2 Å². The molecule has 0 saturated carbocycles. The van der Waals surface area contributed by atoms with Crippen molar-refractivity contribution < 1.29 is 14.3 Å². The summed E-state index contributed by atoms with van der Waals surface area (Å²) in [5.74, 6) is -0.580. The Labute approximate surface area is 137 Å². The number of phenolic OH excluding ortho intramolecular Hbond substituents is 1. The number of H-pyrrole nitrogens is 1. The van der Waals surface area contributed by atoms with E-state index in [-0.39, 0.29) is 17.5 Å². The minimum absolute atomic E-state index is 0.0995. The molecule has 2 aromatic carbocycles.